The van der Waals surface area contributed by atoms with E-state index in [1.54, 1.807) is 0 Å². The largest absolute Gasteiger partial charge is 0.477 e. The molecule has 2 amide bonds. The molecule has 0 aromatic rings. The third-order valence-electron chi connectivity index (χ3n) is 12.1. The molecule has 31 nitrogen and oxygen atoms in total. The molecule has 5 aliphatic heterocycles. The van der Waals surface area contributed by atoms with Crippen LogP contribution in [-0.2, 0) is 57.0 Å². The van der Waals surface area contributed by atoms with Crippen LogP contribution in [0.4, 0.5) is 0 Å². The number of amides is 2. The second-order valence-electron chi connectivity index (χ2n) is 16.9. The van der Waals surface area contributed by atoms with Gasteiger partial charge in [-0.15, -0.1) is 0 Å². The van der Waals surface area contributed by atoms with Crippen molar-refractivity contribution in [2.75, 3.05) is 33.0 Å². The molecule has 0 aromatic heterocycles. The third-order valence-corrected chi connectivity index (χ3v) is 12.1. The second-order valence-corrected chi connectivity index (χ2v) is 16.9. The molecule has 5 saturated heterocycles. The maximum absolute atomic E-state index is 12.6. The molecule has 5 aliphatic rings. The average Bonchev–Trinajstić information content (AvgIpc) is 3.29. The van der Waals surface area contributed by atoms with E-state index in [0.29, 0.717) is 0 Å². The predicted octanol–water partition coefficient (Wildman–Crippen LogP) is -12.4. The lowest BCUT2D eigenvalue weighted by Crippen LogP contribution is -2.69. The number of carboxylic acid groups (broad SMARTS) is 1. The topological polar surface area (TPSA) is 502 Å². The van der Waals surface area contributed by atoms with Crippen LogP contribution < -0.4 is 10.6 Å². The number of hydrogen-bond acceptors (Lipinski definition) is 28. The molecule has 68 heavy (non-hydrogen) atoms. The Hall–Kier alpha value is -2.59. The van der Waals surface area contributed by atoms with E-state index in [1.807, 2.05) is 0 Å². The number of rotatable bonds is 18. The van der Waals surface area contributed by atoms with Crippen molar-refractivity contribution < 1.29 is 144 Å². The van der Waals surface area contributed by atoms with Gasteiger partial charge in [-0.05, 0) is 0 Å². The van der Waals surface area contributed by atoms with Crippen molar-refractivity contribution in [2.24, 2.45) is 0 Å². The molecule has 0 unspecified atom stereocenters. The minimum atomic E-state index is -2.93. The zero-order valence-electron chi connectivity index (χ0n) is 36.2. The first-order valence-electron chi connectivity index (χ1n) is 21.2. The molecule has 0 spiro atoms. The number of hydrogen-bond donors (Lipinski definition) is 19. The van der Waals surface area contributed by atoms with E-state index in [9.17, 15) is 101 Å². The van der Waals surface area contributed by atoms with Crippen molar-refractivity contribution in [3.8, 4) is 0 Å². The molecule has 0 aromatic carbocycles. The Labute approximate surface area is 384 Å². The van der Waals surface area contributed by atoms with Crippen molar-refractivity contribution in [1.82, 2.24) is 10.6 Å². The van der Waals surface area contributed by atoms with Crippen molar-refractivity contribution in [2.45, 2.75) is 179 Å². The fraction of sp³-hybridized carbons (Fsp3) is 0.919. The SMILES string of the molecule is CC(=O)N[C@H]1[C@H](O[C@@H]2[C@H](O)[C@@H](O)[C@H](O[C@H]3[C@H](O)[C@@H](O)[C@H](O)O[C@@H]3CO)O[C@@H]2CO)O[C@H](CO[C@@H]2O[C@H](CO[C@]3(C(=O)O)C[C@H](O)[C@@H](NC(C)=O)[C@H]([C@H](O)[C@H](O)CO)O3)[C@H](O)[C@H](O)[C@H]2O)[C@H](O)[C@@H]1O. The molecule has 5 heterocycles. The minimum absolute atomic E-state index is 0.767. The summed E-state index contributed by atoms with van der Waals surface area (Å²) < 4.78 is 50.0. The Kier molecular flexibility index (Phi) is 19.7. The average molecular weight is 999 g/mol. The molecule has 5 rings (SSSR count). The van der Waals surface area contributed by atoms with Crippen molar-refractivity contribution in [1.29, 1.82) is 0 Å². The second kappa shape index (κ2) is 23.8. The summed E-state index contributed by atoms with van der Waals surface area (Å²) in [6.45, 7) is -2.85. The van der Waals surface area contributed by atoms with Gasteiger partial charge in [0.25, 0.3) is 5.79 Å². The summed E-state index contributed by atoms with van der Waals surface area (Å²) in [4.78, 5) is 36.7. The number of aliphatic carboxylic acids is 1. The number of carboxylic acids is 1. The minimum Gasteiger partial charge on any atom is -0.477 e. The molecule has 26 atom stereocenters. The number of aliphatic hydroxyl groups excluding tert-OH is 16. The lowest BCUT2D eigenvalue weighted by molar-refractivity contribution is -0.374. The molecule has 0 saturated carbocycles. The molecule has 31 heteroatoms. The maximum Gasteiger partial charge on any atom is 0.364 e. The molecular weight excluding hydrogens is 936 g/mol. The molecule has 0 bridgehead atoms. The van der Waals surface area contributed by atoms with Crippen LogP contribution in [0.2, 0.25) is 0 Å². The van der Waals surface area contributed by atoms with Gasteiger partial charge in [0, 0.05) is 20.3 Å². The van der Waals surface area contributed by atoms with Gasteiger partial charge in [-0.25, -0.2) is 4.79 Å². The lowest BCUT2D eigenvalue weighted by Gasteiger charge is -2.48. The molecule has 5 fully saturated rings. The molecular formula is C37H62N2O29. The van der Waals surface area contributed by atoms with Gasteiger partial charge < -0.3 is 140 Å². The predicted molar refractivity (Wildman–Crippen MR) is 207 cm³/mol. The first kappa shape index (κ1) is 56.3. The van der Waals surface area contributed by atoms with Gasteiger partial charge in [-0.3, -0.25) is 9.59 Å². The lowest BCUT2D eigenvalue weighted by atomic mass is 9.88. The maximum atomic E-state index is 12.6. The van der Waals surface area contributed by atoms with Crippen LogP contribution in [0.1, 0.15) is 20.3 Å². The van der Waals surface area contributed by atoms with Gasteiger partial charge in [-0.1, -0.05) is 0 Å². The summed E-state index contributed by atoms with van der Waals surface area (Å²) in [5.41, 5.74) is 0. The zero-order chi connectivity index (χ0) is 50.7. The quantitative estimate of drug-likeness (QED) is 0.0606. The Balaban J connectivity index is 1.29. The van der Waals surface area contributed by atoms with Gasteiger partial charge >= 0.3 is 5.97 Å². The number of nitrogens with one attached hydrogen (secondary N) is 2. The molecule has 0 radical (unpaired) electrons. The smallest absolute Gasteiger partial charge is 0.364 e. The fourth-order valence-electron chi connectivity index (χ4n) is 8.33. The van der Waals surface area contributed by atoms with E-state index in [-0.39, 0.29) is 0 Å². The highest BCUT2D eigenvalue weighted by Crippen LogP contribution is 2.36. The fourth-order valence-corrected chi connectivity index (χ4v) is 8.33. The van der Waals surface area contributed by atoms with E-state index >= 15 is 0 Å². The van der Waals surface area contributed by atoms with Crippen LogP contribution in [0, 0.1) is 0 Å². The Morgan fingerprint density at radius 1 is 0.603 bits per heavy atom. The van der Waals surface area contributed by atoms with Crippen LogP contribution in [-0.4, -0.2) is 297 Å². The monoisotopic (exact) mass is 998 g/mol. The van der Waals surface area contributed by atoms with Crippen molar-refractivity contribution >= 4 is 17.8 Å². The normalized spacial score (nSPS) is 46.6. The summed E-state index contributed by atoms with van der Waals surface area (Å²) in [6, 6.07) is -3.23. The number of carbonyl (C=O) groups is 3. The molecule has 19 N–H and O–H groups in total. The van der Waals surface area contributed by atoms with Gasteiger partial charge in [0.2, 0.25) is 11.8 Å². The van der Waals surface area contributed by atoms with Crippen LogP contribution in [0.5, 0.6) is 0 Å². The van der Waals surface area contributed by atoms with E-state index in [2.05, 4.69) is 10.6 Å². The van der Waals surface area contributed by atoms with Crippen LogP contribution in [0.25, 0.3) is 0 Å². The van der Waals surface area contributed by atoms with E-state index in [0.717, 1.165) is 13.8 Å². The summed E-state index contributed by atoms with van der Waals surface area (Å²) in [7, 11) is 0. The Morgan fingerprint density at radius 3 is 1.68 bits per heavy atom. The standard InChI is InChI=1S/C37H62N2O29/c1-9(43)38-17-11(45)3-37(36(58)59,68-31(17)19(47)12(46)4-40)61-8-16-21(49)23(51)27(55)34(65-16)60-7-15-20(48)22(50)18(39-10(2)44)33(64-15)66-30-14(6-42)63-35(28(56)25(30)53)67-29-13(5-41)62-32(57)26(54)24(29)52/h11-35,40-42,45-57H,3-8H2,1-2H3,(H,38,43)(H,39,44)(H,58,59)/t11-,12+,13+,14+,15+,16+,17+,18+,19+,20-,21-,22+,23-,24+,25+,26+,27+,28+,29+,30-,31+,32+,33-,34+,35-,37+/m0/s1. The number of ether oxygens (including phenoxy) is 9. The van der Waals surface area contributed by atoms with E-state index in [1.165, 1.54) is 0 Å². The van der Waals surface area contributed by atoms with E-state index < -0.39 is 216 Å². The summed E-state index contributed by atoms with van der Waals surface area (Å²) in [6.07, 6.45) is -45.3. The third kappa shape index (κ3) is 12.2. The Bertz CT molecular complexity index is 1650. The van der Waals surface area contributed by atoms with Gasteiger partial charge in [0.15, 0.2) is 25.2 Å². The first-order valence-corrected chi connectivity index (χ1v) is 21.2. The van der Waals surface area contributed by atoms with Crippen molar-refractivity contribution in [3.05, 3.63) is 0 Å². The van der Waals surface area contributed by atoms with Gasteiger partial charge in [0.05, 0.1) is 45.2 Å². The Morgan fingerprint density at radius 2 is 1.10 bits per heavy atom. The summed E-state index contributed by atoms with van der Waals surface area (Å²) >= 11 is 0. The summed E-state index contributed by atoms with van der Waals surface area (Å²) in [5.74, 6) is -6.43. The van der Waals surface area contributed by atoms with Crippen molar-refractivity contribution in [3.63, 3.8) is 0 Å². The highest BCUT2D eigenvalue weighted by atomic mass is 16.8. The highest BCUT2D eigenvalue weighted by Gasteiger charge is 2.58. The molecule has 0 aliphatic carbocycles. The number of carbonyl (C=O) groups excluding carboxylic acids is 2. The molecule has 394 valence electrons. The zero-order valence-corrected chi connectivity index (χ0v) is 36.2. The van der Waals surface area contributed by atoms with E-state index in [4.69, 9.17) is 42.6 Å². The summed E-state index contributed by atoms with van der Waals surface area (Å²) in [5, 5.41) is 183. The number of aliphatic hydroxyl groups is 16. The van der Waals surface area contributed by atoms with Crippen LogP contribution >= 0.6 is 0 Å². The first-order chi connectivity index (χ1) is 31.9. The van der Waals surface area contributed by atoms with Gasteiger partial charge in [0.1, 0.15) is 116 Å². The van der Waals surface area contributed by atoms with Gasteiger partial charge in [-0.2, -0.15) is 0 Å². The highest BCUT2D eigenvalue weighted by molar-refractivity contribution is 5.76. The van der Waals surface area contributed by atoms with Crippen LogP contribution in [0.15, 0.2) is 0 Å². The van der Waals surface area contributed by atoms with Crippen LogP contribution in [0.3, 0.4) is 0 Å².